The molecule has 2 aromatic heterocycles. The van der Waals surface area contributed by atoms with Gasteiger partial charge in [-0.15, -0.1) is 16.4 Å². The van der Waals surface area contributed by atoms with Gasteiger partial charge in [0.1, 0.15) is 0 Å². The Kier molecular flexibility index (Phi) is 6.24. The lowest BCUT2D eigenvalue weighted by Crippen LogP contribution is -2.46. The molecule has 0 aliphatic heterocycles. The molecule has 0 bridgehead atoms. The first-order chi connectivity index (χ1) is 14.5. The van der Waals surface area contributed by atoms with Crippen LogP contribution in [0.1, 0.15) is 58.2 Å². The van der Waals surface area contributed by atoms with Crippen LogP contribution in [0.3, 0.4) is 0 Å². The number of aryl methyl sites for hydroxylation is 2. The van der Waals surface area contributed by atoms with Crippen molar-refractivity contribution >= 4 is 40.4 Å². The maximum Gasteiger partial charge on any atom is 0.280 e. The van der Waals surface area contributed by atoms with E-state index in [0.717, 1.165) is 53.2 Å². The molecule has 1 N–H and O–H groups in total. The Morgan fingerprint density at radius 3 is 2.63 bits per heavy atom. The number of benzene rings is 1. The summed E-state index contributed by atoms with van der Waals surface area (Å²) in [7, 11) is 0. The molecule has 2 heterocycles. The van der Waals surface area contributed by atoms with Crippen LogP contribution in [-0.4, -0.2) is 27.4 Å². The fraction of sp³-hybridized carbons (Fsp3) is 0.364. The van der Waals surface area contributed by atoms with Crippen molar-refractivity contribution in [1.29, 1.82) is 0 Å². The van der Waals surface area contributed by atoms with Gasteiger partial charge in [-0.3, -0.25) is 14.5 Å². The van der Waals surface area contributed by atoms with Crippen molar-refractivity contribution in [3.05, 3.63) is 62.8 Å². The van der Waals surface area contributed by atoms with Gasteiger partial charge >= 0.3 is 0 Å². The van der Waals surface area contributed by atoms with Crippen molar-refractivity contribution in [2.24, 2.45) is 0 Å². The first-order valence-corrected chi connectivity index (χ1v) is 11.8. The molecule has 1 aliphatic rings. The second-order valence-corrected chi connectivity index (χ2v) is 9.22. The van der Waals surface area contributed by atoms with Gasteiger partial charge in [-0.1, -0.05) is 29.5 Å². The van der Waals surface area contributed by atoms with Gasteiger partial charge in [-0.25, -0.2) is 0 Å². The van der Waals surface area contributed by atoms with Crippen molar-refractivity contribution in [1.82, 2.24) is 14.9 Å². The second kappa shape index (κ2) is 9.06. The average molecular weight is 441 g/mol. The quantitative estimate of drug-likeness (QED) is 0.605. The first kappa shape index (κ1) is 20.7. The smallest absolute Gasteiger partial charge is 0.280 e. The molecular formula is C22H24N4O2S2. The Bertz CT molecular complexity index is 1030. The van der Waals surface area contributed by atoms with E-state index < -0.39 is 6.04 Å². The molecule has 156 valence electrons. The van der Waals surface area contributed by atoms with E-state index in [1.165, 1.54) is 11.3 Å². The van der Waals surface area contributed by atoms with Gasteiger partial charge in [0.05, 0.1) is 0 Å². The first-order valence-electron chi connectivity index (χ1n) is 10.1. The molecule has 2 amide bonds. The highest BCUT2D eigenvalue weighted by molar-refractivity contribution is 7.10. The van der Waals surface area contributed by atoms with E-state index in [4.69, 9.17) is 0 Å². The molecule has 1 aromatic carbocycles. The maximum absolute atomic E-state index is 13.6. The minimum Gasteiger partial charge on any atom is -0.351 e. The Morgan fingerprint density at radius 2 is 2.00 bits per heavy atom. The molecule has 0 saturated heterocycles. The molecule has 0 radical (unpaired) electrons. The van der Waals surface area contributed by atoms with Crippen molar-refractivity contribution in [3.63, 3.8) is 0 Å². The van der Waals surface area contributed by atoms with E-state index >= 15 is 0 Å². The van der Waals surface area contributed by atoms with Crippen molar-refractivity contribution in [2.45, 2.75) is 51.6 Å². The summed E-state index contributed by atoms with van der Waals surface area (Å²) in [6.45, 7) is 3.95. The van der Waals surface area contributed by atoms with E-state index in [9.17, 15) is 9.59 Å². The highest BCUT2D eigenvalue weighted by Crippen LogP contribution is 2.35. The summed E-state index contributed by atoms with van der Waals surface area (Å²) in [6.07, 6.45) is 4.21. The number of carbonyl (C=O) groups is 2. The number of anilines is 1. The Labute approximate surface area is 184 Å². The number of nitrogens with zero attached hydrogens (tertiary/aromatic N) is 3. The highest BCUT2D eigenvalue weighted by Gasteiger charge is 2.37. The van der Waals surface area contributed by atoms with E-state index in [1.54, 1.807) is 10.3 Å². The Hall–Kier alpha value is -2.58. The van der Waals surface area contributed by atoms with Crippen LogP contribution in [0.25, 0.3) is 0 Å². The molecule has 1 fully saturated rings. The zero-order valence-corrected chi connectivity index (χ0v) is 18.6. The number of rotatable bonds is 6. The zero-order valence-electron chi connectivity index (χ0n) is 17.0. The van der Waals surface area contributed by atoms with Crippen LogP contribution in [0.2, 0.25) is 0 Å². The van der Waals surface area contributed by atoms with Crippen molar-refractivity contribution in [3.8, 4) is 0 Å². The Morgan fingerprint density at radius 1 is 1.20 bits per heavy atom. The van der Waals surface area contributed by atoms with Gasteiger partial charge in [-0.2, -0.15) is 0 Å². The summed E-state index contributed by atoms with van der Waals surface area (Å²) in [5.41, 5.74) is 2.93. The lowest BCUT2D eigenvalue weighted by molar-refractivity contribution is -0.123. The summed E-state index contributed by atoms with van der Waals surface area (Å²) in [4.78, 5) is 29.6. The van der Waals surface area contributed by atoms with Crippen molar-refractivity contribution in [2.75, 3.05) is 4.90 Å². The third-order valence-electron chi connectivity index (χ3n) is 5.44. The van der Waals surface area contributed by atoms with Gasteiger partial charge in [0.25, 0.3) is 5.91 Å². The topological polar surface area (TPSA) is 75.2 Å². The van der Waals surface area contributed by atoms with Gasteiger partial charge in [0.2, 0.25) is 5.91 Å². The fourth-order valence-electron chi connectivity index (χ4n) is 3.91. The largest absolute Gasteiger partial charge is 0.351 e. The summed E-state index contributed by atoms with van der Waals surface area (Å²) in [5, 5.41) is 10.8. The number of carbonyl (C=O) groups excluding carboxylic acids is 2. The Balaban J connectivity index is 1.80. The number of nitrogens with one attached hydrogen (secondary N) is 1. The molecule has 1 atom stereocenters. The monoisotopic (exact) mass is 440 g/mol. The molecule has 3 aromatic rings. The number of hydrogen-bond donors (Lipinski definition) is 1. The van der Waals surface area contributed by atoms with Gasteiger partial charge in [-0.05, 0) is 72.9 Å². The van der Waals surface area contributed by atoms with Crippen LogP contribution in [0.15, 0.2) is 41.1 Å². The predicted octanol–water partition coefficient (Wildman–Crippen LogP) is 4.66. The molecule has 0 unspecified atom stereocenters. The van der Waals surface area contributed by atoms with Crippen LogP contribution >= 0.6 is 22.9 Å². The minimum absolute atomic E-state index is 0.148. The number of hydrogen-bond acceptors (Lipinski definition) is 6. The summed E-state index contributed by atoms with van der Waals surface area (Å²) in [6, 6.07) is 9.05. The lowest BCUT2D eigenvalue weighted by atomic mass is 10.1. The molecule has 1 saturated carbocycles. The number of thiophene rings is 1. The molecular weight excluding hydrogens is 416 g/mol. The van der Waals surface area contributed by atoms with Crippen molar-refractivity contribution < 1.29 is 9.59 Å². The van der Waals surface area contributed by atoms with Crippen LogP contribution in [-0.2, 0) is 4.79 Å². The number of aromatic nitrogens is 2. The zero-order chi connectivity index (χ0) is 21.1. The third kappa shape index (κ3) is 4.29. The highest BCUT2D eigenvalue weighted by atomic mass is 32.1. The van der Waals surface area contributed by atoms with Crippen LogP contribution in [0, 0.1) is 13.8 Å². The van der Waals surface area contributed by atoms with Gasteiger partial charge < -0.3 is 5.32 Å². The minimum atomic E-state index is -0.762. The molecule has 1 aliphatic carbocycles. The average Bonchev–Trinajstić information content (AvgIpc) is 3.49. The van der Waals surface area contributed by atoms with Crippen LogP contribution < -0.4 is 10.2 Å². The standard InChI is InChI=1S/C22H24N4O2S2/c1-14-6-5-9-17(12-14)26(22(28)18-13-30-25-24-18)19(20-15(2)10-11-29-20)21(27)23-16-7-3-4-8-16/h5-6,9-13,16,19H,3-4,7-8H2,1-2H3,(H,23,27)/t19-/m1/s1. The molecule has 8 heteroatoms. The van der Waals surface area contributed by atoms with E-state index in [1.807, 2.05) is 49.6 Å². The van der Waals surface area contributed by atoms with Crippen LogP contribution in [0.5, 0.6) is 0 Å². The van der Waals surface area contributed by atoms with Crippen LogP contribution in [0.4, 0.5) is 5.69 Å². The summed E-state index contributed by atoms with van der Waals surface area (Å²) >= 11 is 2.62. The molecule has 4 rings (SSSR count). The predicted molar refractivity (Wildman–Crippen MR) is 120 cm³/mol. The van der Waals surface area contributed by atoms with Gasteiger partial charge in [0, 0.05) is 22.0 Å². The van der Waals surface area contributed by atoms with Gasteiger partial charge in [0.15, 0.2) is 11.7 Å². The molecule has 0 spiro atoms. The van der Waals surface area contributed by atoms with E-state index in [0.29, 0.717) is 5.69 Å². The normalized spacial score (nSPS) is 15.1. The molecule has 6 nitrogen and oxygen atoms in total. The number of amides is 2. The maximum atomic E-state index is 13.6. The van der Waals surface area contributed by atoms with E-state index in [2.05, 4.69) is 14.9 Å². The lowest BCUT2D eigenvalue weighted by Gasteiger charge is -2.31. The SMILES string of the molecule is Cc1cccc(N(C(=O)c2csnn2)[C@@H](C(=O)NC2CCCC2)c2sccc2C)c1. The third-order valence-corrected chi connectivity index (χ3v) is 7.01. The second-order valence-electron chi connectivity index (χ2n) is 7.66. The van der Waals surface area contributed by atoms with E-state index in [-0.39, 0.29) is 23.6 Å². The fourth-order valence-corrected chi connectivity index (χ4v) is 5.36. The summed E-state index contributed by atoms with van der Waals surface area (Å²) in [5.74, 6) is -0.473. The summed E-state index contributed by atoms with van der Waals surface area (Å²) < 4.78 is 3.85. The molecule has 30 heavy (non-hydrogen) atoms.